The van der Waals surface area contributed by atoms with Gasteiger partial charge in [-0.05, 0) is 13.0 Å². The second-order valence-electron chi connectivity index (χ2n) is 6.79. The predicted octanol–water partition coefficient (Wildman–Crippen LogP) is 1.72. The lowest BCUT2D eigenvalue weighted by Gasteiger charge is -2.35. The first-order valence-electron chi connectivity index (χ1n) is 9.12. The Balaban J connectivity index is 1.67. The molecule has 1 aliphatic rings. The minimum atomic E-state index is -0.386. The Morgan fingerprint density at radius 3 is 2.30 bits per heavy atom. The van der Waals surface area contributed by atoms with Crippen molar-refractivity contribution in [2.45, 2.75) is 19.8 Å². The van der Waals surface area contributed by atoms with Gasteiger partial charge in [0.05, 0.1) is 19.1 Å². The molecule has 0 N–H and O–H groups in total. The number of methoxy groups -OCH3 is 1. The zero-order chi connectivity index (χ0) is 19.6. The van der Waals surface area contributed by atoms with Gasteiger partial charge in [-0.25, -0.2) is 0 Å². The Morgan fingerprint density at radius 1 is 1.00 bits per heavy atom. The third kappa shape index (κ3) is 3.67. The highest BCUT2D eigenvalue weighted by Crippen LogP contribution is 2.26. The Morgan fingerprint density at radius 2 is 1.63 bits per heavy atom. The maximum absolute atomic E-state index is 13.1. The highest BCUT2D eigenvalue weighted by molar-refractivity contribution is 6.08. The Kier molecular flexibility index (Phi) is 5.48. The maximum atomic E-state index is 13.1. The molecular formula is C20H25N3O4. The number of ether oxygens (including phenoxy) is 1. The van der Waals surface area contributed by atoms with Crippen LogP contribution in [0.25, 0.3) is 10.9 Å². The molecule has 0 aliphatic carbocycles. The molecule has 1 aromatic carbocycles. The number of piperazine rings is 1. The van der Waals surface area contributed by atoms with Gasteiger partial charge < -0.3 is 19.1 Å². The van der Waals surface area contributed by atoms with Crippen LogP contribution in [0.2, 0.25) is 0 Å². The number of aryl methyl sites for hydroxylation is 1. The van der Waals surface area contributed by atoms with Crippen LogP contribution in [-0.2, 0) is 21.4 Å². The average Bonchev–Trinajstić information content (AvgIpc) is 2.96. The minimum absolute atomic E-state index is 0.00552. The van der Waals surface area contributed by atoms with Gasteiger partial charge >= 0.3 is 5.97 Å². The number of para-hydroxylation sites is 1. The van der Waals surface area contributed by atoms with Crippen molar-refractivity contribution < 1.29 is 19.1 Å². The molecule has 7 heteroatoms. The first-order valence-corrected chi connectivity index (χ1v) is 9.12. The van der Waals surface area contributed by atoms with E-state index in [1.54, 1.807) is 9.80 Å². The molecule has 0 atom stereocenters. The summed E-state index contributed by atoms with van der Waals surface area (Å²) < 4.78 is 6.61. The number of fused-ring (bicyclic) bond motifs is 1. The Labute approximate surface area is 158 Å². The number of rotatable bonds is 4. The number of carbonyl (C=O) groups excluding carboxylic acids is 3. The molecule has 0 saturated carbocycles. The van der Waals surface area contributed by atoms with Crippen molar-refractivity contribution in [3.8, 4) is 0 Å². The van der Waals surface area contributed by atoms with E-state index in [0.29, 0.717) is 26.2 Å². The van der Waals surface area contributed by atoms with Crippen LogP contribution in [0.5, 0.6) is 0 Å². The molecule has 0 radical (unpaired) electrons. The molecule has 3 rings (SSSR count). The summed E-state index contributed by atoms with van der Waals surface area (Å²) in [5, 5.41) is 0.957. The van der Waals surface area contributed by atoms with Crippen LogP contribution in [0.3, 0.4) is 0 Å². The van der Waals surface area contributed by atoms with E-state index >= 15 is 0 Å². The number of benzene rings is 1. The van der Waals surface area contributed by atoms with Gasteiger partial charge in [0.15, 0.2) is 0 Å². The van der Waals surface area contributed by atoms with E-state index in [1.807, 2.05) is 42.8 Å². The molecule has 144 valence electrons. The maximum Gasteiger partial charge on any atom is 0.306 e. The molecule has 1 saturated heterocycles. The number of aromatic nitrogens is 1. The van der Waals surface area contributed by atoms with Gasteiger partial charge in [0.1, 0.15) is 0 Å². The summed E-state index contributed by atoms with van der Waals surface area (Å²) in [6.07, 6.45) is 0.229. The van der Waals surface area contributed by atoms with E-state index in [4.69, 9.17) is 0 Å². The number of nitrogens with zero attached hydrogens (tertiary/aromatic N) is 3. The highest BCUT2D eigenvalue weighted by Gasteiger charge is 2.28. The normalized spacial score (nSPS) is 14.5. The smallest absolute Gasteiger partial charge is 0.306 e. The van der Waals surface area contributed by atoms with E-state index in [2.05, 4.69) is 4.74 Å². The van der Waals surface area contributed by atoms with E-state index in [-0.39, 0.29) is 30.6 Å². The standard InChI is InChI=1S/C20H25N3O4/c1-14-19(15-6-4-5-7-16(15)21(14)2)20(26)23-12-10-22(11-13-23)17(24)8-9-18(25)27-3/h4-7H,8-13H2,1-3H3. The van der Waals surface area contributed by atoms with E-state index in [0.717, 1.165) is 22.2 Å². The van der Waals surface area contributed by atoms with Gasteiger partial charge in [-0.3, -0.25) is 14.4 Å². The molecule has 0 bridgehead atoms. The molecule has 2 aromatic rings. The van der Waals surface area contributed by atoms with Crippen molar-refractivity contribution in [3.05, 3.63) is 35.5 Å². The molecule has 0 spiro atoms. The number of esters is 1. The molecule has 7 nitrogen and oxygen atoms in total. The third-order valence-electron chi connectivity index (χ3n) is 5.30. The first-order chi connectivity index (χ1) is 12.9. The summed E-state index contributed by atoms with van der Waals surface area (Å²) >= 11 is 0. The third-order valence-corrected chi connectivity index (χ3v) is 5.30. The van der Waals surface area contributed by atoms with Gasteiger partial charge in [0, 0.05) is 56.2 Å². The van der Waals surface area contributed by atoms with Gasteiger partial charge in [-0.1, -0.05) is 18.2 Å². The van der Waals surface area contributed by atoms with Crippen molar-refractivity contribution in [3.63, 3.8) is 0 Å². The summed E-state index contributed by atoms with van der Waals surface area (Å²) in [6.45, 7) is 3.90. The summed E-state index contributed by atoms with van der Waals surface area (Å²) in [7, 11) is 3.28. The van der Waals surface area contributed by atoms with Crippen LogP contribution in [0, 0.1) is 6.92 Å². The topological polar surface area (TPSA) is 71.9 Å². The van der Waals surface area contributed by atoms with E-state index < -0.39 is 0 Å². The van der Waals surface area contributed by atoms with E-state index in [9.17, 15) is 14.4 Å². The lowest BCUT2D eigenvalue weighted by molar-refractivity contribution is -0.143. The molecule has 2 amide bonds. The van der Waals surface area contributed by atoms with Crippen LogP contribution in [0.15, 0.2) is 24.3 Å². The van der Waals surface area contributed by atoms with Crippen molar-refractivity contribution >= 4 is 28.7 Å². The van der Waals surface area contributed by atoms with Gasteiger partial charge in [0.2, 0.25) is 5.91 Å². The first kappa shape index (κ1) is 18.9. The number of hydrogen-bond acceptors (Lipinski definition) is 4. The average molecular weight is 371 g/mol. The molecule has 1 aromatic heterocycles. The quantitative estimate of drug-likeness (QED) is 0.768. The number of carbonyl (C=O) groups is 3. The van der Waals surface area contributed by atoms with E-state index in [1.165, 1.54) is 7.11 Å². The number of hydrogen-bond donors (Lipinski definition) is 0. The van der Waals surface area contributed by atoms with Crippen molar-refractivity contribution in [2.24, 2.45) is 7.05 Å². The Hall–Kier alpha value is -2.83. The largest absolute Gasteiger partial charge is 0.469 e. The second kappa shape index (κ2) is 7.82. The molecule has 0 unspecified atom stereocenters. The minimum Gasteiger partial charge on any atom is -0.469 e. The van der Waals surface area contributed by atoms with Crippen LogP contribution in [0.4, 0.5) is 0 Å². The molecule has 27 heavy (non-hydrogen) atoms. The van der Waals surface area contributed by atoms with Crippen LogP contribution < -0.4 is 0 Å². The molecule has 1 aliphatic heterocycles. The monoisotopic (exact) mass is 371 g/mol. The highest BCUT2D eigenvalue weighted by atomic mass is 16.5. The zero-order valence-corrected chi connectivity index (χ0v) is 16.0. The summed E-state index contributed by atoms with van der Waals surface area (Å²) in [5.41, 5.74) is 2.71. The molecule has 2 heterocycles. The summed E-state index contributed by atoms with van der Waals surface area (Å²) in [6, 6.07) is 7.89. The lowest BCUT2D eigenvalue weighted by Crippen LogP contribution is -2.50. The zero-order valence-electron chi connectivity index (χ0n) is 16.0. The fraction of sp³-hybridized carbons (Fsp3) is 0.450. The van der Waals surface area contributed by atoms with Crippen molar-refractivity contribution in [2.75, 3.05) is 33.3 Å². The predicted molar refractivity (Wildman–Crippen MR) is 101 cm³/mol. The molecular weight excluding hydrogens is 346 g/mol. The van der Waals surface area contributed by atoms with Crippen LogP contribution in [-0.4, -0.2) is 65.4 Å². The summed E-state index contributed by atoms with van der Waals surface area (Å²) in [5.74, 6) is -0.455. The number of amides is 2. The van der Waals surface area contributed by atoms with Crippen LogP contribution in [0.1, 0.15) is 28.9 Å². The van der Waals surface area contributed by atoms with Gasteiger partial charge in [-0.2, -0.15) is 0 Å². The lowest BCUT2D eigenvalue weighted by atomic mass is 10.1. The fourth-order valence-electron chi connectivity index (χ4n) is 3.58. The van der Waals surface area contributed by atoms with Crippen molar-refractivity contribution in [1.82, 2.24) is 14.4 Å². The van der Waals surface area contributed by atoms with Gasteiger partial charge in [-0.15, -0.1) is 0 Å². The SMILES string of the molecule is COC(=O)CCC(=O)N1CCN(C(=O)c2c(C)n(C)c3ccccc23)CC1. The second-order valence-corrected chi connectivity index (χ2v) is 6.79. The van der Waals surface area contributed by atoms with Crippen molar-refractivity contribution in [1.29, 1.82) is 0 Å². The van der Waals surface area contributed by atoms with Crippen LogP contribution >= 0.6 is 0 Å². The Bertz CT molecular complexity index is 879. The summed E-state index contributed by atoms with van der Waals surface area (Å²) in [4.78, 5) is 40.0. The van der Waals surface area contributed by atoms with Gasteiger partial charge in [0.25, 0.3) is 5.91 Å². The fourth-order valence-corrected chi connectivity index (χ4v) is 3.58. The molecule has 1 fully saturated rings.